The summed E-state index contributed by atoms with van der Waals surface area (Å²) in [7, 11) is 3.96. The van der Waals surface area contributed by atoms with Gasteiger partial charge in [-0.1, -0.05) is 24.3 Å². The molecule has 1 heterocycles. The van der Waals surface area contributed by atoms with Crippen LogP contribution in [0.1, 0.15) is 10.4 Å². The molecule has 6 heteroatoms. The lowest BCUT2D eigenvalue weighted by atomic mass is 10.2. The molecule has 0 aliphatic rings. The Morgan fingerprint density at radius 2 is 1.92 bits per heavy atom. The number of fused-ring (bicyclic) bond motifs is 1. The second kappa shape index (κ2) is 7.14. The van der Waals surface area contributed by atoms with E-state index in [1.165, 1.54) is 0 Å². The van der Waals surface area contributed by atoms with Crippen LogP contribution in [0.4, 0.5) is 0 Å². The highest BCUT2D eigenvalue weighted by atomic mass is 16.5. The number of para-hydroxylation sites is 3. The quantitative estimate of drug-likeness (QED) is 0.756. The van der Waals surface area contributed by atoms with Gasteiger partial charge in [-0.05, 0) is 38.4 Å². The molecular formula is C18H20N4O2. The van der Waals surface area contributed by atoms with Crippen LogP contribution in [0.25, 0.3) is 11.0 Å². The van der Waals surface area contributed by atoms with Crippen LogP contribution in [0.3, 0.4) is 0 Å². The maximum atomic E-state index is 12.6. The Kier molecular flexibility index (Phi) is 4.77. The molecule has 124 valence electrons. The molecule has 0 saturated heterocycles. The lowest BCUT2D eigenvalue weighted by Gasteiger charge is -2.14. The Morgan fingerprint density at radius 1 is 1.17 bits per heavy atom. The molecule has 0 saturated carbocycles. The second-order valence-corrected chi connectivity index (χ2v) is 5.69. The average molecular weight is 324 g/mol. The highest BCUT2D eigenvalue weighted by Gasteiger charge is 2.13. The number of nitrogens with zero attached hydrogens (tertiary/aromatic N) is 3. The van der Waals surface area contributed by atoms with E-state index in [1.54, 1.807) is 23.1 Å². The Hall–Kier alpha value is -2.86. The summed E-state index contributed by atoms with van der Waals surface area (Å²) in [6.07, 6.45) is 1.60. The third-order valence-corrected chi connectivity index (χ3v) is 3.60. The molecule has 6 nitrogen and oxygen atoms in total. The molecule has 2 aromatic carbocycles. The molecule has 0 bridgehead atoms. The predicted octanol–water partition coefficient (Wildman–Crippen LogP) is 2.36. The first kappa shape index (κ1) is 16.0. The van der Waals surface area contributed by atoms with E-state index in [-0.39, 0.29) is 5.91 Å². The Balaban J connectivity index is 1.77. The normalized spacial score (nSPS) is 11.0. The molecular weight excluding hydrogens is 304 g/mol. The van der Waals surface area contributed by atoms with Gasteiger partial charge in [0.1, 0.15) is 18.7 Å². The van der Waals surface area contributed by atoms with Gasteiger partial charge in [-0.3, -0.25) is 10.2 Å². The van der Waals surface area contributed by atoms with Crippen molar-refractivity contribution >= 4 is 16.9 Å². The smallest absolute Gasteiger partial charge is 0.273 e. The third-order valence-electron chi connectivity index (χ3n) is 3.60. The van der Waals surface area contributed by atoms with E-state index in [9.17, 15) is 4.79 Å². The fraction of sp³-hybridized carbons (Fsp3) is 0.222. The van der Waals surface area contributed by atoms with Gasteiger partial charge in [0.2, 0.25) is 0 Å². The third kappa shape index (κ3) is 3.55. The van der Waals surface area contributed by atoms with E-state index in [1.807, 2.05) is 55.4 Å². The molecule has 0 radical (unpaired) electrons. The molecule has 0 aliphatic heterocycles. The number of rotatable bonds is 6. The molecule has 24 heavy (non-hydrogen) atoms. The van der Waals surface area contributed by atoms with E-state index in [4.69, 9.17) is 4.74 Å². The zero-order valence-electron chi connectivity index (χ0n) is 13.8. The van der Waals surface area contributed by atoms with Gasteiger partial charge in [0.25, 0.3) is 5.91 Å². The van der Waals surface area contributed by atoms with Gasteiger partial charge < -0.3 is 9.64 Å². The summed E-state index contributed by atoms with van der Waals surface area (Å²) in [5, 5.41) is 0. The molecule has 0 spiro atoms. The van der Waals surface area contributed by atoms with Crippen LogP contribution < -0.4 is 10.2 Å². The number of nitrogens with one attached hydrogen (secondary N) is 1. The van der Waals surface area contributed by atoms with E-state index in [0.717, 1.165) is 17.6 Å². The van der Waals surface area contributed by atoms with Crippen molar-refractivity contribution < 1.29 is 9.53 Å². The number of hydrogen-bond acceptors (Lipinski definition) is 4. The number of likely N-dealkylation sites (N-methyl/N-ethyl adjacent to an activating group) is 1. The van der Waals surface area contributed by atoms with Crippen LogP contribution in [0.15, 0.2) is 54.9 Å². The number of benzene rings is 2. The number of ether oxygens (including phenoxy) is 1. The van der Waals surface area contributed by atoms with Gasteiger partial charge in [0.05, 0.1) is 16.6 Å². The molecule has 3 rings (SSSR count). The van der Waals surface area contributed by atoms with Crippen molar-refractivity contribution in [2.24, 2.45) is 0 Å². The minimum Gasteiger partial charge on any atom is -0.491 e. The molecule has 0 aliphatic carbocycles. The van der Waals surface area contributed by atoms with Crippen molar-refractivity contribution in [2.75, 3.05) is 32.7 Å². The van der Waals surface area contributed by atoms with Crippen LogP contribution in [-0.2, 0) is 0 Å². The summed E-state index contributed by atoms with van der Waals surface area (Å²) in [4.78, 5) is 18.9. The molecule has 0 fully saturated rings. The van der Waals surface area contributed by atoms with Gasteiger partial charge in [0.15, 0.2) is 0 Å². The highest BCUT2D eigenvalue weighted by molar-refractivity contribution is 6.02. The molecule has 1 N–H and O–H groups in total. The fourth-order valence-electron chi connectivity index (χ4n) is 2.34. The van der Waals surface area contributed by atoms with Gasteiger partial charge in [-0.15, -0.1) is 0 Å². The predicted molar refractivity (Wildman–Crippen MR) is 93.9 cm³/mol. The van der Waals surface area contributed by atoms with Crippen LogP contribution in [0, 0.1) is 0 Å². The van der Waals surface area contributed by atoms with Crippen molar-refractivity contribution in [2.45, 2.75) is 0 Å². The summed E-state index contributed by atoms with van der Waals surface area (Å²) >= 11 is 0. The monoisotopic (exact) mass is 324 g/mol. The van der Waals surface area contributed by atoms with Crippen LogP contribution >= 0.6 is 0 Å². The number of imidazole rings is 1. The number of hydrogen-bond donors (Lipinski definition) is 1. The van der Waals surface area contributed by atoms with Crippen molar-refractivity contribution in [3.63, 3.8) is 0 Å². The van der Waals surface area contributed by atoms with E-state index in [2.05, 4.69) is 10.4 Å². The minimum absolute atomic E-state index is 0.237. The Morgan fingerprint density at radius 3 is 2.75 bits per heavy atom. The highest BCUT2D eigenvalue weighted by Crippen LogP contribution is 2.19. The number of carbonyl (C=O) groups excluding carboxylic acids is 1. The topological polar surface area (TPSA) is 59.4 Å². The van der Waals surface area contributed by atoms with Gasteiger partial charge >= 0.3 is 0 Å². The molecule has 3 aromatic rings. The maximum Gasteiger partial charge on any atom is 0.273 e. The standard InChI is InChI=1S/C18H20N4O2/c1-21(2)11-12-24-17-10-6-3-7-14(17)18(23)20-22-13-19-15-8-4-5-9-16(15)22/h3-10,13H,11-12H2,1-2H3,(H,20,23). The van der Waals surface area contributed by atoms with Crippen molar-refractivity contribution in [1.82, 2.24) is 14.6 Å². The first-order valence-corrected chi connectivity index (χ1v) is 7.75. The zero-order chi connectivity index (χ0) is 16.9. The summed E-state index contributed by atoms with van der Waals surface area (Å²) in [6.45, 7) is 1.30. The Labute approximate surface area is 140 Å². The van der Waals surface area contributed by atoms with Gasteiger partial charge in [-0.2, -0.15) is 0 Å². The van der Waals surface area contributed by atoms with E-state index in [0.29, 0.717) is 17.9 Å². The molecule has 0 atom stereocenters. The summed E-state index contributed by atoms with van der Waals surface area (Å²) in [5.74, 6) is 0.333. The number of amides is 1. The summed E-state index contributed by atoms with van der Waals surface area (Å²) in [6, 6.07) is 14.9. The fourth-order valence-corrected chi connectivity index (χ4v) is 2.34. The number of carbonyl (C=O) groups is 1. The van der Waals surface area contributed by atoms with Crippen molar-refractivity contribution in [3.8, 4) is 5.75 Å². The van der Waals surface area contributed by atoms with E-state index < -0.39 is 0 Å². The van der Waals surface area contributed by atoms with Crippen molar-refractivity contribution in [1.29, 1.82) is 0 Å². The van der Waals surface area contributed by atoms with Crippen LogP contribution in [-0.4, -0.2) is 47.7 Å². The summed E-state index contributed by atoms with van der Waals surface area (Å²) in [5.41, 5.74) is 5.01. The van der Waals surface area contributed by atoms with Gasteiger partial charge in [0, 0.05) is 6.54 Å². The second-order valence-electron chi connectivity index (χ2n) is 5.69. The largest absolute Gasteiger partial charge is 0.491 e. The lowest BCUT2D eigenvalue weighted by molar-refractivity contribution is 0.100. The SMILES string of the molecule is CN(C)CCOc1ccccc1C(=O)Nn1cnc2ccccc21. The minimum atomic E-state index is -0.237. The first-order chi connectivity index (χ1) is 11.6. The van der Waals surface area contributed by atoms with Gasteiger partial charge in [-0.25, -0.2) is 9.66 Å². The lowest BCUT2D eigenvalue weighted by Crippen LogP contribution is -2.24. The summed E-state index contributed by atoms with van der Waals surface area (Å²) < 4.78 is 7.37. The molecule has 1 amide bonds. The van der Waals surface area contributed by atoms with Crippen LogP contribution in [0.5, 0.6) is 5.75 Å². The zero-order valence-corrected chi connectivity index (χ0v) is 13.8. The average Bonchev–Trinajstić information content (AvgIpc) is 2.98. The van der Waals surface area contributed by atoms with Crippen molar-refractivity contribution in [3.05, 3.63) is 60.4 Å². The Bertz CT molecular complexity index is 842. The molecule has 1 aromatic heterocycles. The molecule has 0 unspecified atom stereocenters. The van der Waals surface area contributed by atoms with Crippen LogP contribution in [0.2, 0.25) is 0 Å². The van der Waals surface area contributed by atoms with E-state index >= 15 is 0 Å². The maximum absolute atomic E-state index is 12.6. The number of aromatic nitrogens is 2. The first-order valence-electron chi connectivity index (χ1n) is 7.75.